The molecule has 0 saturated carbocycles. The van der Waals surface area contributed by atoms with Crippen molar-refractivity contribution in [1.29, 1.82) is 0 Å². The molecule has 0 heterocycles. The molecular weight excluding hydrogens is 346 g/mol. The minimum Gasteiger partial charge on any atom is -0.356 e. The molecule has 0 aliphatic rings. The lowest BCUT2D eigenvalue weighted by Crippen LogP contribution is -2.26. The number of carbonyl (C=O) groups is 1. The summed E-state index contributed by atoms with van der Waals surface area (Å²) in [7, 11) is 0. The van der Waals surface area contributed by atoms with Crippen LogP contribution in [0.2, 0.25) is 0 Å². The molecule has 0 radical (unpaired) electrons. The van der Waals surface area contributed by atoms with Crippen LogP contribution in [0.4, 0.5) is 0 Å². The second-order valence-corrected chi connectivity index (χ2v) is 5.61. The standard InChI is InChI=1S/C13H17Br2NO/c14-7-2-1-3-8-16-13(17)10-11-5-4-6-12(15)9-11/h4-6,9H,1-3,7-8,10H2,(H,16,17). The molecule has 0 fully saturated rings. The van der Waals surface area contributed by atoms with E-state index in [0.717, 1.165) is 34.8 Å². The zero-order valence-corrected chi connectivity index (χ0v) is 12.9. The van der Waals surface area contributed by atoms with E-state index in [9.17, 15) is 4.79 Å². The zero-order chi connectivity index (χ0) is 12.5. The van der Waals surface area contributed by atoms with E-state index in [2.05, 4.69) is 37.2 Å². The third-order valence-corrected chi connectivity index (χ3v) is 3.44. The summed E-state index contributed by atoms with van der Waals surface area (Å²) in [4.78, 5) is 11.6. The van der Waals surface area contributed by atoms with Crippen LogP contribution in [0.5, 0.6) is 0 Å². The Balaban J connectivity index is 2.21. The first-order chi connectivity index (χ1) is 8.22. The molecule has 1 rings (SSSR count). The van der Waals surface area contributed by atoms with Crippen LogP contribution < -0.4 is 5.32 Å². The molecule has 0 aliphatic carbocycles. The number of benzene rings is 1. The van der Waals surface area contributed by atoms with Gasteiger partial charge in [0, 0.05) is 16.3 Å². The number of alkyl halides is 1. The Morgan fingerprint density at radius 1 is 1.24 bits per heavy atom. The Morgan fingerprint density at radius 2 is 2.06 bits per heavy atom. The van der Waals surface area contributed by atoms with Gasteiger partial charge in [0.1, 0.15) is 0 Å². The minimum atomic E-state index is 0.0990. The molecule has 94 valence electrons. The Labute approximate surface area is 119 Å². The minimum absolute atomic E-state index is 0.0990. The summed E-state index contributed by atoms with van der Waals surface area (Å²) in [5, 5.41) is 3.98. The van der Waals surface area contributed by atoms with Crippen molar-refractivity contribution < 1.29 is 4.79 Å². The summed E-state index contributed by atoms with van der Waals surface area (Å²) in [6, 6.07) is 7.85. The first kappa shape index (κ1) is 14.7. The zero-order valence-electron chi connectivity index (χ0n) is 9.72. The highest BCUT2D eigenvalue weighted by atomic mass is 79.9. The van der Waals surface area contributed by atoms with Crippen molar-refractivity contribution in [3.8, 4) is 0 Å². The molecule has 0 bridgehead atoms. The van der Waals surface area contributed by atoms with Crippen LogP contribution in [0.25, 0.3) is 0 Å². The van der Waals surface area contributed by atoms with Crippen molar-refractivity contribution in [2.45, 2.75) is 25.7 Å². The molecular formula is C13H17Br2NO. The lowest BCUT2D eigenvalue weighted by molar-refractivity contribution is -0.120. The van der Waals surface area contributed by atoms with Gasteiger partial charge in [0.2, 0.25) is 5.91 Å². The van der Waals surface area contributed by atoms with Crippen LogP contribution in [0, 0.1) is 0 Å². The molecule has 0 saturated heterocycles. The van der Waals surface area contributed by atoms with E-state index in [4.69, 9.17) is 0 Å². The average Bonchev–Trinajstić information content (AvgIpc) is 2.29. The number of unbranched alkanes of at least 4 members (excludes halogenated alkanes) is 2. The van der Waals surface area contributed by atoms with E-state index in [1.54, 1.807) is 0 Å². The van der Waals surface area contributed by atoms with Gasteiger partial charge in [-0.05, 0) is 30.5 Å². The predicted octanol–water partition coefficient (Wildman–Crippen LogP) is 3.67. The highest BCUT2D eigenvalue weighted by Gasteiger charge is 2.02. The molecule has 0 spiro atoms. The molecule has 0 unspecified atom stereocenters. The molecule has 4 heteroatoms. The third kappa shape index (κ3) is 6.84. The van der Waals surface area contributed by atoms with Crippen molar-refractivity contribution in [3.05, 3.63) is 34.3 Å². The molecule has 0 aromatic heterocycles. The predicted molar refractivity (Wildman–Crippen MR) is 78.5 cm³/mol. The summed E-state index contributed by atoms with van der Waals surface area (Å²) in [6.07, 6.45) is 3.83. The van der Waals surface area contributed by atoms with E-state index in [-0.39, 0.29) is 5.91 Å². The second kappa shape index (κ2) is 8.70. The maximum Gasteiger partial charge on any atom is 0.224 e. The highest BCUT2D eigenvalue weighted by molar-refractivity contribution is 9.10. The van der Waals surface area contributed by atoms with E-state index in [0.29, 0.717) is 6.42 Å². The number of carbonyl (C=O) groups excluding carboxylic acids is 1. The number of rotatable bonds is 7. The van der Waals surface area contributed by atoms with Gasteiger partial charge >= 0.3 is 0 Å². The van der Waals surface area contributed by atoms with Crippen LogP contribution >= 0.6 is 31.9 Å². The third-order valence-electron chi connectivity index (χ3n) is 2.39. The first-order valence-corrected chi connectivity index (χ1v) is 7.71. The molecule has 1 aromatic rings. The van der Waals surface area contributed by atoms with Gasteiger partial charge in [-0.2, -0.15) is 0 Å². The fourth-order valence-electron chi connectivity index (χ4n) is 1.52. The first-order valence-electron chi connectivity index (χ1n) is 5.79. The van der Waals surface area contributed by atoms with Crippen molar-refractivity contribution >= 4 is 37.8 Å². The summed E-state index contributed by atoms with van der Waals surface area (Å²) >= 11 is 6.79. The van der Waals surface area contributed by atoms with Gasteiger partial charge in [-0.1, -0.05) is 50.4 Å². The van der Waals surface area contributed by atoms with Crippen molar-refractivity contribution in [1.82, 2.24) is 5.32 Å². The van der Waals surface area contributed by atoms with Crippen LogP contribution in [0.15, 0.2) is 28.7 Å². The van der Waals surface area contributed by atoms with E-state index >= 15 is 0 Å². The lowest BCUT2D eigenvalue weighted by atomic mass is 10.1. The van der Waals surface area contributed by atoms with Gasteiger partial charge in [0.25, 0.3) is 0 Å². The Hall–Kier alpha value is -0.350. The summed E-state index contributed by atoms with van der Waals surface area (Å²) < 4.78 is 1.01. The summed E-state index contributed by atoms with van der Waals surface area (Å²) in [5.74, 6) is 0.0990. The van der Waals surface area contributed by atoms with Gasteiger partial charge < -0.3 is 5.32 Å². The van der Waals surface area contributed by atoms with E-state index < -0.39 is 0 Å². The topological polar surface area (TPSA) is 29.1 Å². The monoisotopic (exact) mass is 361 g/mol. The van der Waals surface area contributed by atoms with Gasteiger partial charge in [0.15, 0.2) is 0 Å². The highest BCUT2D eigenvalue weighted by Crippen LogP contribution is 2.11. The molecule has 17 heavy (non-hydrogen) atoms. The van der Waals surface area contributed by atoms with Crippen LogP contribution in [-0.2, 0) is 11.2 Å². The van der Waals surface area contributed by atoms with Crippen LogP contribution in [0.1, 0.15) is 24.8 Å². The molecule has 0 atom stereocenters. The smallest absolute Gasteiger partial charge is 0.224 e. The molecule has 1 aromatic carbocycles. The Kier molecular flexibility index (Phi) is 7.53. The van der Waals surface area contributed by atoms with Crippen molar-refractivity contribution in [2.24, 2.45) is 0 Å². The Bertz CT molecular complexity index is 355. The normalized spacial score (nSPS) is 10.2. The van der Waals surface area contributed by atoms with E-state index in [1.165, 1.54) is 6.42 Å². The molecule has 1 amide bonds. The van der Waals surface area contributed by atoms with Gasteiger partial charge in [-0.3, -0.25) is 4.79 Å². The number of halogens is 2. The van der Waals surface area contributed by atoms with Crippen molar-refractivity contribution in [2.75, 3.05) is 11.9 Å². The van der Waals surface area contributed by atoms with Crippen molar-refractivity contribution in [3.63, 3.8) is 0 Å². The second-order valence-electron chi connectivity index (χ2n) is 3.91. The quantitative estimate of drug-likeness (QED) is 0.581. The van der Waals surface area contributed by atoms with Crippen LogP contribution in [0.3, 0.4) is 0 Å². The number of hydrogen-bond acceptors (Lipinski definition) is 1. The molecule has 2 nitrogen and oxygen atoms in total. The maximum absolute atomic E-state index is 11.6. The SMILES string of the molecule is O=C(Cc1cccc(Br)c1)NCCCCCBr. The number of amides is 1. The number of nitrogens with one attached hydrogen (secondary N) is 1. The maximum atomic E-state index is 11.6. The fourth-order valence-corrected chi connectivity index (χ4v) is 2.36. The largest absolute Gasteiger partial charge is 0.356 e. The average molecular weight is 363 g/mol. The Morgan fingerprint density at radius 3 is 2.76 bits per heavy atom. The fraction of sp³-hybridized carbons (Fsp3) is 0.462. The van der Waals surface area contributed by atoms with Gasteiger partial charge in [-0.25, -0.2) is 0 Å². The van der Waals surface area contributed by atoms with Gasteiger partial charge in [-0.15, -0.1) is 0 Å². The van der Waals surface area contributed by atoms with Crippen LogP contribution in [-0.4, -0.2) is 17.8 Å². The number of hydrogen-bond donors (Lipinski definition) is 1. The summed E-state index contributed by atoms with van der Waals surface area (Å²) in [5.41, 5.74) is 1.04. The van der Waals surface area contributed by atoms with Gasteiger partial charge in [0.05, 0.1) is 6.42 Å². The molecule has 0 aliphatic heterocycles. The molecule has 1 N–H and O–H groups in total. The summed E-state index contributed by atoms with van der Waals surface area (Å²) in [6.45, 7) is 0.778. The van der Waals surface area contributed by atoms with E-state index in [1.807, 2.05) is 24.3 Å². The lowest BCUT2D eigenvalue weighted by Gasteiger charge is -2.05.